The second kappa shape index (κ2) is 48.7. The molecular weight excluding hydrogens is 757 g/mol. The van der Waals surface area contributed by atoms with Gasteiger partial charge < -0.3 is 14.2 Å². The van der Waals surface area contributed by atoms with Crippen LogP contribution in [0, 0.1) is 0 Å². The van der Waals surface area contributed by atoms with Crippen LogP contribution in [-0.2, 0) is 28.6 Å². The van der Waals surface area contributed by atoms with Crippen molar-refractivity contribution in [3.63, 3.8) is 0 Å². The van der Waals surface area contributed by atoms with E-state index in [2.05, 4.69) is 93.7 Å². The summed E-state index contributed by atoms with van der Waals surface area (Å²) in [5.74, 6) is -1.02. The summed E-state index contributed by atoms with van der Waals surface area (Å²) < 4.78 is 16.7. The molecule has 0 aliphatic carbocycles. The van der Waals surface area contributed by atoms with Gasteiger partial charge in [0, 0.05) is 19.3 Å². The maximum atomic E-state index is 12.7. The highest BCUT2D eigenvalue weighted by molar-refractivity contribution is 5.71. The molecule has 0 fully saturated rings. The van der Waals surface area contributed by atoms with Crippen molar-refractivity contribution in [1.82, 2.24) is 0 Å². The smallest absolute Gasteiger partial charge is 0.306 e. The van der Waals surface area contributed by atoms with Gasteiger partial charge in [0.1, 0.15) is 13.2 Å². The van der Waals surface area contributed by atoms with Crippen molar-refractivity contribution < 1.29 is 28.6 Å². The van der Waals surface area contributed by atoms with Crippen molar-refractivity contribution in [2.75, 3.05) is 13.2 Å². The van der Waals surface area contributed by atoms with E-state index >= 15 is 0 Å². The summed E-state index contributed by atoms with van der Waals surface area (Å²) in [5.41, 5.74) is 0. The summed E-state index contributed by atoms with van der Waals surface area (Å²) in [5, 5.41) is 0. The van der Waals surface area contributed by atoms with E-state index in [0.717, 1.165) is 70.6 Å². The Morgan fingerprint density at radius 3 is 1.28 bits per heavy atom. The highest BCUT2D eigenvalue weighted by Crippen LogP contribution is 2.13. The minimum Gasteiger partial charge on any atom is -0.462 e. The molecule has 1 unspecified atom stereocenters. The van der Waals surface area contributed by atoms with Crippen LogP contribution in [0.3, 0.4) is 0 Å². The van der Waals surface area contributed by atoms with Crippen LogP contribution in [-0.4, -0.2) is 37.2 Å². The first-order valence-electron chi connectivity index (χ1n) is 24.5. The molecule has 61 heavy (non-hydrogen) atoms. The van der Waals surface area contributed by atoms with Gasteiger partial charge in [-0.15, -0.1) is 0 Å². The molecule has 1 atom stereocenters. The topological polar surface area (TPSA) is 78.9 Å². The van der Waals surface area contributed by atoms with E-state index in [1.165, 1.54) is 77.0 Å². The Kier molecular flexibility index (Phi) is 45.6. The fourth-order valence-corrected chi connectivity index (χ4v) is 6.23. The van der Waals surface area contributed by atoms with Crippen LogP contribution in [0.5, 0.6) is 0 Å². The van der Waals surface area contributed by atoms with Crippen LogP contribution in [0.2, 0.25) is 0 Å². The van der Waals surface area contributed by atoms with E-state index < -0.39 is 6.10 Å². The summed E-state index contributed by atoms with van der Waals surface area (Å²) in [6.45, 7) is 6.24. The molecule has 0 rings (SSSR count). The minimum atomic E-state index is -0.820. The fourth-order valence-electron chi connectivity index (χ4n) is 6.23. The van der Waals surface area contributed by atoms with Gasteiger partial charge in [-0.25, -0.2) is 0 Å². The number of esters is 3. The Labute approximate surface area is 374 Å². The molecule has 0 amide bonds. The largest absolute Gasteiger partial charge is 0.462 e. The van der Waals surface area contributed by atoms with Crippen molar-refractivity contribution in [3.05, 3.63) is 109 Å². The van der Waals surface area contributed by atoms with Crippen molar-refractivity contribution in [1.29, 1.82) is 0 Å². The normalized spacial score (nSPS) is 13.0. The van der Waals surface area contributed by atoms with E-state index in [1.54, 1.807) is 0 Å². The van der Waals surface area contributed by atoms with Crippen LogP contribution < -0.4 is 0 Å². The van der Waals surface area contributed by atoms with E-state index in [0.29, 0.717) is 19.3 Å². The van der Waals surface area contributed by atoms with Crippen molar-refractivity contribution in [3.8, 4) is 0 Å². The van der Waals surface area contributed by atoms with E-state index in [4.69, 9.17) is 14.2 Å². The lowest BCUT2D eigenvalue weighted by Crippen LogP contribution is -2.30. The highest BCUT2D eigenvalue weighted by Gasteiger charge is 2.19. The van der Waals surface area contributed by atoms with Crippen LogP contribution in [0.1, 0.15) is 201 Å². The van der Waals surface area contributed by atoms with E-state index in [1.807, 2.05) is 36.5 Å². The van der Waals surface area contributed by atoms with Gasteiger partial charge >= 0.3 is 17.9 Å². The molecule has 6 heteroatoms. The summed E-state index contributed by atoms with van der Waals surface area (Å²) in [6, 6.07) is 0. The van der Waals surface area contributed by atoms with Gasteiger partial charge in [-0.3, -0.25) is 14.4 Å². The summed E-state index contributed by atoms with van der Waals surface area (Å²) in [7, 11) is 0. The summed E-state index contributed by atoms with van der Waals surface area (Å²) >= 11 is 0. The number of carbonyl (C=O) groups is 3. The summed E-state index contributed by atoms with van der Waals surface area (Å²) in [6.07, 6.45) is 65.1. The monoisotopic (exact) mass is 845 g/mol. The van der Waals surface area contributed by atoms with Gasteiger partial charge in [0.25, 0.3) is 0 Å². The average molecular weight is 845 g/mol. The van der Waals surface area contributed by atoms with Crippen molar-refractivity contribution >= 4 is 17.9 Å². The van der Waals surface area contributed by atoms with Gasteiger partial charge in [-0.2, -0.15) is 0 Å². The predicted octanol–water partition coefficient (Wildman–Crippen LogP) is 16.0. The Balaban J connectivity index is 4.45. The molecule has 0 aliphatic heterocycles. The molecule has 0 N–H and O–H groups in total. The molecule has 0 radical (unpaired) electrons. The molecule has 6 nitrogen and oxygen atoms in total. The second-order valence-corrected chi connectivity index (χ2v) is 15.7. The number of hydrogen-bond acceptors (Lipinski definition) is 6. The van der Waals surface area contributed by atoms with Crippen LogP contribution >= 0.6 is 0 Å². The number of unbranched alkanes of at least 4 members (excludes halogenated alkanes) is 17. The van der Waals surface area contributed by atoms with Crippen LogP contribution in [0.15, 0.2) is 109 Å². The van der Waals surface area contributed by atoms with Crippen molar-refractivity contribution in [2.45, 2.75) is 207 Å². The van der Waals surface area contributed by atoms with Gasteiger partial charge in [-0.05, 0) is 89.9 Å². The van der Waals surface area contributed by atoms with Gasteiger partial charge in [0.15, 0.2) is 6.10 Å². The lowest BCUT2D eigenvalue weighted by Gasteiger charge is -2.18. The Morgan fingerprint density at radius 2 is 0.738 bits per heavy atom. The Morgan fingerprint density at radius 1 is 0.361 bits per heavy atom. The number of carbonyl (C=O) groups excluding carboxylic acids is 3. The first-order chi connectivity index (χ1) is 30.0. The Hall–Kier alpha value is -3.93. The quantitative estimate of drug-likeness (QED) is 0.0200. The lowest BCUT2D eigenvalue weighted by molar-refractivity contribution is -0.167. The maximum Gasteiger partial charge on any atom is 0.306 e. The van der Waals surface area contributed by atoms with Gasteiger partial charge in [0.05, 0.1) is 0 Å². The number of ether oxygens (including phenoxy) is 3. The SMILES string of the molecule is CC\C=C/C=C\C=C/C=C\CCCCCC(=O)OC(COC(=O)CCC/C=C\C/C=C\C/C=C\CC)COC(=O)CCCCCCCCCCCC/C=C\C=C/CCCCC. The molecule has 0 aromatic heterocycles. The molecule has 0 aliphatic rings. The van der Waals surface area contributed by atoms with E-state index in [-0.39, 0.29) is 44.0 Å². The van der Waals surface area contributed by atoms with E-state index in [9.17, 15) is 14.4 Å². The molecule has 0 heterocycles. The number of allylic oxidation sites excluding steroid dienone is 18. The molecule has 0 spiro atoms. The Bertz CT molecular complexity index is 1290. The molecule has 0 aromatic rings. The first-order valence-corrected chi connectivity index (χ1v) is 24.5. The van der Waals surface area contributed by atoms with Gasteiger partial charge in [-0.1, -0.05) is 201 Å². The zero-order chi connectivity index (χ0) is 44.4. The predicted molar refractivity (Wildman–Crippen MR) is 260 cm³/mol. The molecule has 0 saturated carbocycles. The van der Waals surface area contributed by atoms with Crippen molar-refractivity contribution in [2.24, 2.45) is 0 Å². The lowest BCUT2D eigenvalue weighted by atomic mass is 10.1. The number of hydrogen-bond donors (Lipinski definition) is 0. The third-order valence-electron chi connectivity index (χ3n) is 9.86. The fraction of sp³-hybridized carbons (Fsp3) is 0.618. The molecule has 344 valence electrons. The first kappa shape index (κ1) is 57.1. The molecule has 0 aromatic carbocycles. The van der Waals surface area contributed by atoms with Gasteiger partial charge in [0.2, 0.25) is 0 Å². The molecule has 0 bridgehead atoms. The third-order valence-corrected chi connectivity index (χ3v) is 9.86. The number of rotatable bonds is 42. The average Bonchev–Trinajstić information content (AvgIpc) is 3.26. The van der Waals surface area contributed by atoms with Crippen LogP contribution in [0.25, 0.3) is 0 Å². The second-order valence-electron chi connectivity index (χ2n) is 15.7. The van der Waals surface area contributed by atoms with Crippen LogP contribution in [0.4, 0.5) is 0 Å². The zero-order valence-corrected chi connectivity index (χ0v) is 39.1. The molecule has 0 saturated heterocycles. The zero-order valence-electron chi connectivity index (χ0n) is 39.1. The standard InChI is InChI=1S/C55H88O6/c1-4-7-10-13-16-19-22-24-25-26-27-28-29-31-33-36-39-42-45-48-54(57)60-51-52(50-59-53(56)47-44-41-38-35-32-21-18-15-12-9-6-3)61-55(58)49-46-43-40-37-34-30-23-20-17-14-11-8-5-2/h8-9,11-12,14,16-24,30,34-35,38,52H,4-7,10,13,15,25-29,31-33,36-37,39-51H2,1-3H3/b11-8-,12-9-,17-14-,19-16-,21-18-,23-20-,24-22-,34-30-,38-35-. The third kappa shape index (κ3) is 47.0. The highest BCUT2D eigenvalue weighted by atomic mass is 16.6. The summed E-state index contributed by atoms with van der Waals surface area (Å²) in [4.78, 5) is 37.8. The molecular formula is C55H88O6. The minimum absolute atomic E-state index is 0.114. The maximum absolute atomic E-state index is 12.7.